The molecule has 3 rings (SSSR count). The normalized spacial score (nSPS) is 11.3. The highest BCUT2D eigenvalue weighted by Gasteiger charge is 2.18. The Morgan fingerprint density at radius 2 is 1.86 bits per heavy atom. The zero-order valence-corrected chi connectivity index (χ0v) is 11.8. The van der Waals surface area contributed by atoms with E-state index in [1.165, 1.54) is 23.6 Å². The highest BCUT2D eigenvalue weighted by molar-refractivity contribution is 6.17. The smallest absolute Gasteiger partial charge is 0.151 e. The number of nitrogens with zero attached hydrogens (tertiary/aromatic N) is 2. The number of halogens is 4. The van der Waals surface area contributed by atoms with E-state index >= 15 is 0 Å². The van der Waals surface area contributed by atoms with Crippen LogP contribution in [0.2, 0.25) is 0 Å². The molecule has 0 radical (unpaired) electrons. The van der Waals surface area contributed by atoms with E-state index in [2.05, 4.69) is 4.98 Å². The van der Waals surface area contributed by atoms with Crippen LogP contribution in [0.1, 0.15) is 11.4 Å². The Kier molecular flexibility index (Phi) is 3.37. The summed E-state index contributed by atoms with van der Waals surface area (Å²) in [5, 5.41) is 0. The molecule has 0 bridgehead atoms. The predicted molar refractivity (Wildman–Crippen MR) is 75.2 cm³/mol. The van der Waals surface area contributed by atoms with Gasteiger partial charge < -0.3 is 0 Å². The largest absolute Gasteiger partial charge is 0.292 e. The molecule has 0 atom stereocenters. The number of hydrogen-bond acceptors (Lipinski definition) is 1. The number of rotatable bonds is 2. The SMILES string of the molecule is Cc1cc(F)c(-n2c(CCl)nc3c(F)cccc32)cc1F. The average molecular weight is 311 g/mol. The van der Waals surface area contributed by atoms with Gasteiger partial charge in [-0.15, -0.1) is 11.6 Å². The molecule has 108 valence electrons. The summed E-state index contributed by atoms with van der Waals surface area (Å²) >= 11 is 5.81. The van der Waals surface area contributed by atoms with Gasteiger partial charge in [0.1, 0.15) is 23.0 Å². The van der Waals surface area contributed by atoms with E-state index in [4.69, 9.17) is 11.6 Å². The van der Waals surface area contributed by atoms with Crippen LogP contribution >= 0.6 is 11.6 Å². The molecule has 0 spiro atoms. The van der Waals surface area contributed by atoms with E-state index in [0.717, 1.165) is 12.1 Å². The number of hydrogen-bond donors (Lipinski definition) is 0. The van der Waals surface area contributed by atoms with E-state index in [1.807, 2.05) is 0 Å². The molecule has 0 N–H and O–H groups in total. The maximum Gasteiger partial charge on any atom is 0.151 e. The molecule has 0 aliphatic rings. The summed E-state index contributed by atoms with van der Waals surface area (Å²) in [4.78, 5) is 4.07. The van der Waals surface area contributed by atoms with Gasteiger partial charge in [0.2, 0.25) is 0 Å². The summed E-state index contributed by atoms with van der Waals surface area (Å²) in [6.07, 6.45) is 0. The summed E-state index contributed by atoms with van der Waals surface area (Å²) in [7, 11) is 0. The Morgan fingerprint density at radius 1 is 1.10 bits per heavy atom. The molecule has 0 fully saturated rings. The summed E-state index contributed by atoms with van der Waals surface area (Å²) in [6, 6.07) is 6.47. The highest BCUT2D eigenvalue weighted by atomic mass is 35.5. The lowest BCUT2D eigenvalue weighted by Crippen LogP contribution is -2.03. The molecular formula is C15H10ClF3N2. The molecule has 21 heavy (non-hydrogen) atoms. The van der Waals surface area contributed by atoms with Crippen LogP contribution in [0.4, 0.5) is 13.2 Å². The molecule has 0 amide bonds. The molecule has 1 aromatic heterocycles. The maximum atomic E-state index is 14.2. The average Bonchev–Trinajstić information content (AvgIpc) is 2.83. The van der Waals surface area contributed by atoms with Crippen molar-refractivity contribution in [3.8, 4) is 5.69 Å². The fourth-order valence-corrected chi connectivity index (χ4v) is 2.46. The minimum absolute atomic E-state index is 0.0400. The Hall–Kier alpha value is -2.01. The number of imidazole rings is 1. The molecule has 0 saturated carbocycles. The van der Waals surface area contributed by atoms with Crippen LogP contribution < -0.4 is 0 Å². The standard InChI is InChI=1S/C15H10ClF3N2/c1-8-5-11(19)13(6-10(8)18)21-12-4-2-3-9(17)15(12)20-14(21)7-16/h2-6H,7H2,1H3. The first-order valence-corrected chi connectivity index (χ1v) is 6.74. The van der Waals surface area contributed by atoms with Crippen molar-refractivity contribution in [1.82, 2.24) is 9.55 Å². The quantitative estimate of drug-likeness (QED) is 0.638. The number of aromatic nitrogens is 2. The van der Waals surface area contributed by atoms with Gasteiger partial charge in [-0.1, -0.05) is 6.07 Å². The lowest BCUT2D eigenvalue weighted by atomic mass is 10.2. The van der Waals surface area contributed by atoms with Crippen LogP contribution in [0.25, 0.3) is 16.7 Å². The van der Waals surface area contributed by atoms with Crippen LogP contribution in [0.5, 0.6) is 0 Å². The zero-order valence-electron chi connectivity index (χ0n) is 11.0. The highest BCUT2D eigenvalue weighted by Crippen LogP contribution is 2.27. The van der Waals surface area contributed by atoms with Gasteiger partial charge in [0.05, 0.1) is 17.1 Å². The van der Waals surface area contributed by atoms with E-state index in [1.54, 1.807) is 6.07 Å². The fraction of sp³-hybridized carbons (Fsp3) is 0.133. The molecule has 0 aliphatic carbocycles. The second-order valence-electron chi connectivity index (χ2n) is 4.66. The second kappa shape index (κ2) is 5.07. The molecule has 3 aromatic rings. The zero-order chi connectivity index (χ0) is 15.1. The van der Waals surface area contributed by atoms with Crippen molar-refractivity contribution in [3.05, 3.63) is 59.2 Å². The van der Waals surface area contributed by atoms with Gasteiger partial charge in [-0.2, -0.15) is 0 Å². The van der Waals surface area contributed by atoms with E-state index in [0.29, 0.717) is 5.52 Å². The van der Waals surface area contributed by atoms with Gasteiger partial charge in [-0.05, 0) is 30.7 Å². The van der Waals surface area contributed by atoms with Crippen LogP contribution in [0.15, 0.2) is 30.3 Å². The Bertz CT molecular complexity index is 843. The molecule has 0 unspecified atom stereocenters. The van der Waals surface area contributed by atoms with E-state index in [9.17, 15) is 13.2 Å². The van der Waals surface area contributed by atoms with Crippen molar-refractivity contribution in [2.24, 2.45) is 0 Å². The lowest BCUT2D eigenvalue weighted by Gasteiger charge is -2.10. The van der Waals surface area contributed by atoms with Crippen molar-refractivity contribution in [2.75, 3.05) is 0 Å². The first-order chi connectivity index (χ1) is 10.0. The third kappa shape index (κ3) is 2.17. The minimum atomic E-state index is -0.621. The molecule has 0 saturated heterocycles. The Morgan fingerprint density at radius 3 is 2.57 bits per heavy atom. The molecular weight excluding hydrogens is 301 g/mol. The van der Waals surface area contributed by atoms with Crippen LogP contribution in [0, 0.1) is 24.4 Å². The number of benzene rings is 2. The van der Waals surface area contributed by atoms with Crippen LogP contribution in [0.3, 0.4) is 0 Å². The Balaban J connectivity index is 2.39. The predicted octanol–water partition coefficient (Wildman–Crippen LogP) is 4.49. The number of alkyl halides is 1. The molecule has 6 heteroatoms. The first kappa shape index (κ1) is 13.9. The summed E-state index contributed by atoms with van der Waals surface area (Å²) in [6.45, 7) is 1.47. The first-order valence-electron chi connectivity index (χ1n) is 6.20. The van der Waals surface area contributed by atoms with Gasteiger partial charge in [-0.25, -0.2) is 18.2 Å². The van der Waals surface area contributed by atoms with Crippen molar-refractivity contribution in [3.63, 3.8) is 0 Å². The van der Waals surface area contributed by atoms with Crippen LogP contribution in [-0.2, 0) is 5.88 Å². The summed E-state index contributed by atoms with van der Waals surface area (Å²) in [5.74, 6) is -1.51. The number of para-hydroxylation sites is 1. The third-order valence-corrected chi connectivity index (χ3v) is 3.53. The van der Waals surface area contributed by atoms with Gasteiger partial charge in [0.15, 0.2) is 5.82 Å². The molecule has 0 aliphatic heterocycles. The minimum Gasteiger partial charge on any atom is -0.292 e. The third-order valence-electron chi connectivity index (χ3n) is 3.29. The van der Waals surface area contributed by atoms with Crippen molar-refractivity contribution < 1.29 is 13.2 Å². The summed E-state index contributed by atoms with van der Waals surface area (Å²) < 4.78 is 43.1. The maximum absolute atomic E-state index is 14.2. The van der Waals surface area contributed by atoms with Gasteiger partial charge >= 0.3 is 0 Å². The summed E-state index contributed by atoms with van der Waals surface area (Å²) in [5.41, 5.74) is 0.572. The van der Waals surface area contributed by atoms with Gasteiger partial charge in [-0.3, -0.25) is 4.57 Å². The number of aryl methyl sites for hydroxylation is 1. The molecule has 2 nitrogen and oxygen atoms in total. The van der Waals surface area contributed by atoms with E-state index < -0.39 is 17.5 Å². The van der Waals surface area contributed by atoms with Gasteiger partial charge in [0, 0.05) is 6.07 Å². The lowest BCUT2D eigenvalue weighted by molar-refractivity contribution is 0.585. The second-order valence-corrected chi connectivity index (χ2v) is 4.92. The van der Waals surface area contributed by atoms with Crippen LogP contribution in [-0.4, -0.2) is 9.55 Å². The topological polar surface area (TPSA) is 17.8 Å². The van der Waals surface area contributed by atoms with Crippen molar-refractivity contribution >= 4 is 22.6 Å². The van der Waals surface area contributed by atoms with Gasteiger partial charge in [0.25, 0.3) is 0 Å². The monoisotopic (exact) mass is 310 g/mol. The molecule has 1 heterocycles. The fourth-order valence-electron chi connectivity index (χ4n) is 2.28. The van der Waals surface area contributed by atoms with E-state index in [-0.39, 0.29) is 28.5 Å². The van der Waals surface area contributed by atoms with Crippen molar-refractivity contribution in [1.29, 1.82) is 0 Å². The number of fused-ring (bicyclic) bond motifs is 1. The molecule has 2 aromatic carbocycles. The Labute approximate surface area is 123 Å². The van der Waals surface area contributed by atoms with Crippen molar-refractivity contribution in [2.45, 2.75) is 12.8 Å².